The van der Waals surface area contributed by atoms with Crippen LogP contribution in [0.3, 0.4) is 0 Å². The summed E-state index contributed by atoms with van der Waals surface area (Å²) >= 11 is 0. The van der Waals surface area contributed by atoms with Crippen molar-refractivity contribution in [2.24, 2.45) is 0 Å². The summed E-state index contributed by atoms with van der Waals surface area (Å²) in [5, 5.41) is 11.7. The average Bonchev–Trinajstić information content (AvgIpc) is 3.10. The van der Waals surface area contributed by atoms with Gasteiger partial charge in [0.05, 0.1) is 17.3 Å². The number of rotatable bonds is 2. The normalized spacial score (nSPS) is 26.1. The Bertz CT molecular complexity index is 716. The fraction of sp³-hybridized carbons (Fsp3) is 0.529. The van der Waals surface area contributed by atoms with Gasteiger partial charge in [-0.2, -0.15) is 5.10 Å². The molecule has 1 aromatic carbocycles. The maximum absolute atomic E-state index is 13.0. The number of halogens is 1. The molecular formula is C17H23ClN4O. The number of hydrogen-bond donors (Lipinski definition) is 2. The zero-order chi connectivity index (χ0) is 15.3. The highest BCUT2D eigenvalue weighted by atomic mass is 35.5. The Kier molecular flexibility index (Phi) is 4.34. The van der Waals surface area contributed by atoms with Gasteiger partial charge in [0.15, 0.2) is 0 Å². The lowest BCUT2D eigenvalue weighted by atomic mass is 9.97. The second-order valence-corrected chi connectivity index (χ2v) is 6.83. The molecule has 6 heteroatoms. The molecule has 0 aliphatic carbocycles. The van der Waals surface area contributed by atoms with Crippen LogP contribution in [-0.4, -0.2) is 46.2 Å². The second-order valence-electron chi connectivity index (χ2n) is 6.83. The molecule has 0 saturated carbocycles. The van der Waals surface area contributed by atoms with E-state index in [9.17, 15) is 4.79 Å². The topological polar surface area (TPSA) is 61.0 Å². The Balaban J connectivity index is 0.00000156. The molecule has 2 bridgehead atoms. The van der Waals surface area contributed by atoms with Gasteiger partial charge in [0.25, 0.3) is 5.91 Å². The molecule has 0 radical (unpaired) electrons. The minimum Gasteiger partial charge on any atom is -0.339 e. The lowest BCUT2D eigenvalue weighted by molar-refractivity contribution is 0.0683. The summed E-state index contributed by atoms with van der Waals surface area (Å²) in [6.45, 7) is 2.02. The second kappa shape index (κ2) is 6.13. The molecule has 2 fully saturated rings. The van der Waals surface area contributed by atoms with E-state index in [4.69, 9.17) is 0 Å². The third-order valence-electron chi connectivity index (χ3n) is 5.24. The van der Waals surface area contributed by atoms with Gasteiger partial charge in [-0.05, 0) is 50.3 Å². The standard InChI is InChI=1S/C17H22N4O.ClH/c1-10-5-11-9-18-20-16(11)15(6-10)17(22)21(2)14-7-12-3-4-13(8-14)19-12;/h5-6,9,12-14,19H,3-4,7-8H2,1-2H3,(H,18,20);1H. The molecule has 3 heterocycles. The number of carbonyl (C=O) groups is 1. The Hall–Kier alpha value is -1.59. The van der Waals surface area contributed by atoms with E-state index in [2.05, 4.69) is 21.6 Å². The first-order valence-corrected chi connectivity index (χ1v) is 8.09. The van der Waals surface area contributed by atoms with E-state index in [1.54, 1.807) is 6.20 Å². The van der Waals surface area contributed by atoms with Crippen LogP contribution >= 0.6 is 12.4 Å². The van der Waals surface area contributed by atoms with Gasteiger partial charge in [-0.1, -0.05) is 0 Å². The van der Waals surface area contributed by atoms with Crippen LogP contribution in [0.1, 0.15) is 41.6 Å². The zero-order valence-corrected chi connectivity index (χ0v) is 14.3. The predicted molar refractivity (Wildman–Crippen MR) is 93.1 cm³/mol. The molecule has 2 atom stereocenters. The third-order valence-corrected chi connectivity index (χ3v) is 5.24. The van der Waals surface area contributed by atoms with Crippen LogP contribution in [-0.2, 0) is 0 Å². The summed E-state index contributed by atoms with van der Waals surface area (Å²) in [6, 6.07) is 5.53. The zero-order valence-electron chi connectivity index (χ0n) is 13.5. The highest BCUT2D eigenvalue weighted by molar-refractivity contribution is 6.05. The molecule has 0 spiro atoms. The lowest BCUT2D eigenvalue weighted by Gasteiger charge is -2.35. The molecule has 5 nitrogen and oxygen atoms in total. The van der Waals surface area contributed by atoms with Crippen molar-refractivity contribution in [2.75, 3.05) is 7.05 Å². The molecule has 2 aromatic rings. The van der Waals surface area contributed by atoms with Crippen LogP contribution in [0.4, 0.5) is 0 Å². The van der Waals surface area contributed by atoms with E-state index in [1.165, 1.54) is 12.8 Å². The summed E-state index contributed by atoms with van der Waals surface area (Å²) in [4.78, 5) is 14.9. The Morgan fingerprint density at radius 2 is 1.96 bits per heavy atom. The first-order chi connectivity index (χ1) is 10.6. The average molecular weight is 335 g/mol. The van der Waals surface area contributed by atoms with Crippen molar-refractivity contribution >= 4 is 29.2 Å². The van der Waals surface area contributed by atoms with E-state index in [0.29, 0.717) is 18.1 Å². The number of aromatic amines is 1. The van der Waals surface area contributed by atoms with Crippen LogP contribution in [0.25, 0.3) is 10.9 Å². The van der Waals surface area contributed by atoms with E-state index in [0.717, 1.165) is 34.9 Å². The SMILES string of the molecule is Cc1cc(C(=O)N(C)C2CC3CCC(C2)N3)c2[nH]ncc2c1.Cl. The summed E-state index contributed by atoms with van der Waals surface area (Å²) in [7, 11) is 1.95. The van der Waals surface area contributed by atoms with E-state index in [-0.39, 0.29) is 18.3 Å². The molecule has 2 saturated heterocycles. The number of fused-ring (bicyclic) bond motifs is 3. The van der Waals surface area contributed by atoms with E-state index < -0.39 is 0 Å². The fourth-order valence-electron chi connectivity index (χ4n) is 4.08. The van der Waals surface area contributed by atoms with Crippen LogP contribution in [0.2, 0.25) is 0 Å². The number of aryl methyl sites for hydroxylation is 1. The molecular weight excluding hydrogens is 312 g/mol. The number of nitrogens with zero attached hydrogens (tertiary/aromatic N) is 2. The highest BCUT2D eigenvalue weighted by Gasteiger charge is 2.36. The summed E-state index contributed by atoms with van der Waals surface area (Å²) in [5.74, 6) is 0.101. The van der Waals surface area contributed by atoms with Gasteiger partial charge in [0.2, 0.25) is 0 Å². The van der Waals surface area contributed by atoms with Gasteiger partial charge >= 0.3 is 0 Å². The first-order valence-electron chi connectivity index (χ1n) is 8.09. The molecule has 2 N–H and O–H groups in total. The minimum atomic E-state index is 0. The van der Waals surface area contributed by atoms with Gasteiger partial charge in [0.1, 0.15) is 0 Å². The first kappa shape index (κ1) is 16.3. The van der Waals surface area contributed by atoms with Crippen molar-refractivity contribution in [3.05, 3.63) is 29.5 Å². The number of nitrogens with one attached hydrogen (secondary N) is 2. The number of piperidine rings is 1. The highest BCUT2D eigenvalue weighted by Crippen LogP contribution is 2.30. The van der Waals surface area contributed by atoms with Gasteiger partial charge < -0.3 is 10.2 Å². The quantitative estimate of drug-likeness (QED) is 0.887. The maximum atomic E-state index is 13.0. The smallest absolute Gasteiger partial charge is 0.256 e. The van der Waals surface area contributed by atoms with Crippen LogP contribution in [0.5, 0.6) is 0 Å². The number of aromatic nitrogens is 2. The third kappa shape index (κ3) is 2.83. The number of carbonyl (C=O) groups excluding carboxylic acids is 1. The number of hydrogen-bond acceptors (Lipinski definition) is 3. The maximum Gasteiger partial charge on any atom is 0.256 e. The van der Waals surface area contributed by atoms with Gasteiger partial charge in [-0.3, -0.25) is 9.89 Å². The Morgan fingerprint density at radius 3 is 2.65 bits per heavy atom. The van der Waals surface area contributed by atoms with Gasteiger partial charge in [-0.25, -0.2) is 0 Å². The Labute approximate surface area is 142 Å². The van der Waals surface area contributed by atoms with Crippen molar-refractivity contribution in [2.45, 2.75) is 50.7 Å². The van der Waals surface area contributed by atoms with Crippen molar-refractivity contribution in [3.8, 4) is 0 Å². The molecule has 2 unspecified atom stereocenters. The number of benzene rings is 1. The van der Waals surface area contributed by atoms with Crippen molar-refractivity contribution in [3.63, 3.8) is 0 Å². The summed E-state index contributed by atoms with van der Waals surface area (Å²) in [5.41, 5.74) is 2.68. The molecule has 124 valence electrons. The van der Waals surface area contributed by atoms with Crippen LogP contribution in [0.15, 0.2) is 18.3 Å². The van der Waals surface area contributed by atoms with Crippen molar-refractivity contribution in [1.29, 1.82) is 0 Å². The minimum absolute atomic E-state index is 0. The predicted octanol–water partition coefficient (Wildman–Crippen LogP) is 2.65. The molecule has 4 rings (SSSR count). The van der Waals surface area contributed by atoms with Crippen LogP contribution < -0.4 is 5.32 Å². The van der Waals surface area contributed by atoms with E-state index in [1.807, 2.05) is 24.9 Å². The Morgan fingerprint density at radius 1 is 1.26 bits per heavy atom. The van der Waals surface area contributed by atoms with Gasteiger partial charge in [0, 0.05) is 30.6 Å². The van der Waals surface area contributed by atoms with Crippen molar-refractivity contribution in [1.82, 2.24) is 20.4 Å². The van der Waals surface area contributed by atoms with E-state index >= 15 is 0 Å². The molecule has 2 aliphatic heterocycles. The fourth-order valence-corrected chi connectivity index (χ4v) is 4.08. The summed E-state index contributed by atoms with van der Waals surface area (Å²) < 4.78 is 0. The monoisotopic (exact) mass is 334 g/mol. The number of amides is 1. The lowest BCUT2D eigenvalue weighted by Crippen LogP contribution is -2.48. The molecule has 1 amide bonds. The molecule has 1 aromatic heterocycles. The molecule has 23 heavy (non-hydrogen) atoms. The van der Waals surface area contributed by atoms with Gasteiger partial charge in [-0.15, -0.1) is 12.4 Å². The summed E-state index contributed by atoms with van der Waals surface area (Å²) in [6.07, 6.45) is 6.41. The number of H-pyrrole nitrogens is 1. The van der Waals surface area contributed by atoms with Crippen LogP contribution in [0, 0.1) is 6.92 Å². The van der Waals surface area contributed by atoms with Crippen molar-refractivity contribution < 1.29 is 4.79 Å². The molecule has 2 aliphatic rings. The largest absolute Gasteiger partial charge is 0.339 e.